The summed E-state index contributed by atoms with van der Waals surface area (Å²) in [5.41, 5.74) is 0. The van der Waals surface area contributed by atoms with Crippen molar-refractivity contribution >= 4 is 11.8 Å². The first-order valence-electron chi connectivity index (χ1n) is 16.8. The lowest BCUT2D eigenvalue weighted by atomic mass is 9.84. The van der Waals surface area contributed by atoms with E-state index >= 15 is 0 Å². The van der Waals surface area contributed by atoms with E-state index < -0.39 is 5.97 Å². The molecule has 1 N–H and O–H groups in total. The minimum atomic E-state index is -0.590. The molecule has 0 heterocycles. The molecule has 0 aromatic heterocycles. The molecule has 0 saturated carbocycles. The number of carbonyl (C=O) groups excluding carboxylic acids is 1. The van der Waals surface area contributed by atoms with Gasteiger partial charge in [-0.1, -0.05) is 156 Å². The summed E-state index contributed by atoms with van der Waals surface area (Å²) >= 11 is 0. The highest BCUT2D eigenvalue weighted by Crippen LogP contribution is 2.28. The third kappa shape index (κ3) is 25.2. The SMILES string of the molecule is CCCCCCCCCCCCC(=O)CCCCCCCC(CC(CCCC)CCCCCC)C(=O)O. The second-order valence-corrected chi connectivity index (χ2v) is 11.9. The van der Waals surface area contributed by atoms with Gasteiger partial charge in [0.05, 0.1) is 5.92 Å². The van der Waals surface area contributed by atoms with Crippen LogP contribution in [-0.4, -0.2) is 16.9 Å². The van der Waals surface area contributed by atoms with E-state index in [1.54, 1.807) is 0 Å². The van der Waals surface area contributed by atoms with Crippen molar-refractivity contribution in [1.29, 1.82) is 0 Å². The maximum atomic E-state index is 12.2. The quantitative estimate of drug-likeness (QED) is 0.0954. The van der Waals surface area contributed by atoms with Gasteiger partial charge in [-0.05, 0) is 31.6 Å². The average molecular weight is 523 g/mol. The molecule has 2 atom stereocenters. The van der Waals surface area contributed by atoms with Gasteiger partial charge in [-0.2, -0.15) is 0 Å². The van der Waals surface area contributed by atoms with Crippen LogP contribution in [0.2, 0.25) is 0 Å². The maximum Gasteiger partial charge on any atom is 0.306 e. The first-order chi connectivity index (χ1) is 18.0. The number of carbonyl (C=O) groups is 2. The molecule has 0 rings (SSSR count). The molecule has 0 aliphatic carbocycles. The average Bonchev–Trinajstić information content (AvgIpc) is 2.88. The van der Waals surface area contributed by atoms with E-state index in [1.165, 1.54) is 109 Å². The van der Waals surface area contributed by atoms with E-state index in [-0.39, 0.29) is 5.92 Å². The Bertz CT molecular complexity index is 501. The molecule has 0 radical (unpaired) electrons. The zero-order valence-corrected chi connectivity index (χ0v) is 25.5. The molecule has 0 aliphatic heterocycles. The molecule has 0 bridgehead atoms. The summed E-state index contributed by atoms with van der Waals surface area (Å²) in [4.78, 5) is 24.1. The van der Waals surface area contributed by atoms with Crippen LogP contribution in [0.1, 0.15) is 194 Å². The van der Waals surface area contributed by atoms with Crippen molar-refractivity contribution in [3.8, 4) is 0 Å². The lowest BCUT2D eigenvalue weighted by molar-refractivity contribution is -0.142. The number of rotatable bonds is 30. The Balaban J connectivity index is 3.82. The van der Waals surface area contributed by atoms with Crippen LogP contribution in [0.3, 0.4) is 0 Å². The summed E-state index contributed by atoms with van der Waals surface area (Å²) in [5.74, 6) is 0.269. The van der Waals surface area contributed by atoms with Crippen molar-refractivity contribution < 1.29 is 14.7 Å². The van der Waals surface area contributed by atoms with Crippen molar-refractivity contribution in [2.45, 2.75) is 194 Å². The number of hydrogen-bond acceptors (Lipinski definition) is 2. The van der Waals surface area contributed by atoms with Crippen LogP contribution in [0.25, 0.3) is 0 Å². The lowest BCUT2D eigenvalue weighted by Crippen LogP contribution is -2.18. The van der Waals surface area contributed by atoms with E-state index in [4.69, 9.17) is 0 Å². The Morgan fingerprint density at radius 2 is 0.865 bits per heavy atom. The van der Waals surface area contributed by atoms with Crippen LogP contribution in [0.5, 0.6) is 0 Å². The second-order valence-electron chi connectivity index (χ2n) is 11.9. The molecule has 0 fully saturated rings. The molecule has 0 aromatic rings. The summed E-state index contributed by atoms with van der Waals surface area (Å²) < 4.78 is 0. The Morgan fingerprint density at radius 1 is 0.486 bits per heavy atom. The minimum absolute atomic E-state index is 0.171. The first-order valence-corrected chi connectivity index (χ1v) is 16.8. The fourth-order valence-electron chi connectivity index (χ4n) is 5.65. The van der Waals surface area contributed by atoms with Crippen LogP contribution in [0.4, 0.5) is 0 Å². The second kappa shape index (κ2) is 28.2. The van der Waals surface area contributed by atoms with Gasteiger partial charge >= 0.3 is 5.97 Å². The van der Waals surface area contributed by atoms with Gasteiger partial charge in [-0.3, -0.25) is 9.59 Å². The molecular formula is C34H66O3. The van der Waals surface area contributed by atoms with E-state index in [9.17, 15) is 14.7 Å². The van der Waals surface area contributed by atoms with Crippen molar-refractivity contribution in [2.24, 2.45) is 11.8 Å². The third-order valence-electron chi connectivity index (χ3n) is 8.22. The molecule has 0 aromatic carbocycles. The highest BCUT2D eigenvalue weighted by atomic mass is 16.4. The Kier molecular flexibility index (Phi) is 27.5. The summed E-state index contributed by atoms with van der Waals surface area (Å²) in [7, 11) is 0. The number of hydrogen-bond donors (Lipinski definition) is 1. The zero-order valence-electron chi connectivity index (χ0n) is 25.5. The molecule has 0 aliphatic rings. The van der Waals surface area contributed by atoms with Gasteiger partial charge in [-0.25, -0.2) is 0 Å². The number of unbranched alkanes of at least 4 members (excludes halogenated alkanes) is 17. The van der Waals surface area contributed by atoms with E-state index in [0.29, 0.717) is 11.7 Å². The first kappa shape index (κ1) is 36.1. The van der Waals surface area contributed by atoms with Crippen LogP contribution in [-0.2, 0) is 9.59 Å². The van der Waals surface area contributed by atoms with Crippen molar-refractivity contribution in [3.63, 3.8) is 0 Å². The highest BCUT2D eigenvalue weighted by molar-refractivity contribution is 5.78. The Labute approximate surface area is 232 Å². The van der Waals surface area contributed by atoms with Gasteiger partial charge in [0.15, 0.2) is 0 Å². The molecule has 220 valence electrons. The monoisotopic (exact) mass is 523 g/mol. The molecule has 0 amide bonds. The lowest BCUT2D eigenvalue weighted by Gasteiger charge is -2.21. The van der Waals surface area contributed by atoms with Crippen molar-refractivity contribution in [2.75, 3.05) is 0 Å². The molecule has 3 heteroatoms. The largest absolute Gasteiger partial charge is 0.481 e. The third-order valence-corrected chi connectivity index (χ3v) is 8.22. The summed E-state index contributed by atoms with van der Waals surface area (Å²) in [6, 6.07) is 0. The molecule has 0 saturated heterocycles. The van der Waals surface area contributed by atoms with Gasteiger partial charge in [0, 0.05) is 12.8 Å². The normalized spacial score (nSPS) is 13.1. The molecule has 37 heavy (non-hydrogen) atoms. The van der Waals surface area contributed by atoms with Crippen LogP contribution < -0.4 is 0 Å². The fraction of sp³-hybridized carbons (Fsp3) is 0.941. The van der Waals surface area contributed by atoms with Gasteiger partial charge in [0.1, 0.15) is 5.78 Å². The predicted molar refractivity (Wildman–Crippen MR) is 161 cm³/mol. The Hall–Kier alpha value is -0.860. The number of ketones is 1. The summed E-state index contributed by atoms with van der Waals surface area (Å²) in [6.07, 6.45) is 31.6. The van der Waals surface area contributed by atoms with E-state index in [2.05, 4.69) is 20.8 Å². The fourth-order valence-corrected chi connectivity index (χ4v) is 5.65. The van der Waals surface area contributed by atoms with E-state index in [1.807, 2.05) is 0 Å². The Morgan fingerprint density at radius 3 is 1.35 bits per heavy atom. The topological polar surface area (TPSA) is 54.4 Å². The molecular weight excluding hydrogens is 456 g/mol. The minimum Gasteiger partial charge on any atom is -0.481 e. The standard InChI is InChI=1S/C34H66O3/c1-4-7-10-12-13-14-15-16-19-23-28-33(35)29-24-20-17-18-22-27-32(34(36)37)30-31(25-9-6-3)26-21-11-8-5-2/h31-32H,4-30H2,1-3H3,(H,36,37). The van der Waals surface area contributed by atoms with Crippen LogP contribution in [0.15, 0.2) is 0 Å². The van der Waals surface area contributed by atoms with Gasteiger partial charge in [-0.15, -0.1) is 0 Å². The predicted octanol–water partition coefficient (Wildman–Crippen LogP) is 11.5. The van der Waals surface area contributed by atoms with Gasteiger partial charge in [0.2, 0.25) is 0 Å². The summed E-state index contributed by atoms with van der Waals surface area (Å²) in [5, 5.41) is 9.79. The number of aliphatic carboxylic acids is 1. The van der Waals surface area contributed by atoms with Crippen molar-refractivity contribution in [3.05, 3.63) is 0 Å². The van der Waals surface area contributed by atoms with Crippen LogP contribution in [0, 0.1) is 11.8 Å². The molecule has 2 unspecified atom stereocenters. The number of carboxylic acid groups (broad SMARTS) is 1. The smallest absolute Gasteiger partial charge is 0.306 e. The van der Waals surface area contributed by atoms with Crippen molar-refractivity contribution in [1.82, 2.24) is 0 Å². The molecule has 3 nitrogen and oxygen atoms in total. The maximum absolute atomic E-state index is 12.2. The van der Waals surface area contributed by atoms with Gasteiger partial charge in [0.25, 0.3) is 0 Å². The summed E-state index contributed by atoms with van der Waals surface area (Å²) in [6.45, 7) is 6.74. The molecule has 0 spiro atoms. The van der Waals surface area contributed by atoms with Gasteiger partial charge < -0.3 is 5.11 Å². The van der Waals surface area contributed by atoms with Crippen LogP contribution >= 0.6 is 0 Å². The number of carboxylic acids is 1. The zero-order chi connectivity index (χ0) is 27.4. The number of Topliss-reactive ketones (excluding diaryl/α,β-unsaturated/α-hetero) is 1. The van der Waals surface area contributed by atoms with E-state index in [0.717, 1.165) is 64.2 Å². The highest BCUT2D eigenvalue weighted by Gasteiger charge is 2.22.